The van der Waals surface area contributed by atoms with E-state index in [0.717, 1.165) is 44.8 Å². The number of halogens is 3. The molecule has 1 saturated heterocycles. The van der Waals surface area contributed by atoms with Gasteiger partial charge in [0.25, 0.3) is 0 Å². The number of anilines is 1. The molecule has 0 radical (unpaired) electrons. The van der Waals surface area contributed by atoms with Crippen molar-refractivity contribution in [2.45, 2.75) is 26.0 Å². The van der Waals surface area contributed by atoms with E-state index < -0.39 is 6.36 Å². The molecule has 0 aromatic heterocycles. The van der Waals surface area contributed by atoms with Crippen molar-refractivity contribution in [3.05, 3.63) is 59.2 Å². The Morgan fingerprint density at radius 1 is 0.893 bits per heavy atom. The van der Waals surface area contributed by atoms with Crippen LogP contribution in [0, 0.1) is 0 Å². The Hall–Kier alpha value is -2.25. The Balaban J connectivity index is 1.37. The average Bonchev–Trinajstić information content (AvgIpc) is 3.04. The van der Waals surface area contributed by atoms with E-state index in [2.05, 4.69) is 44.7 Å². The van der Waals surface area contributed by atoms with Crippen molar-refractivity contribution in [2.24, 2.45) is 0 Å². The summed E-state index contributed by atoms with van der Waals surface area (Å²) in [6, 6.07) is 12.8. The van der Waals surface area contributed by atoms with Gasteiger partial charge in [0.05, 0.1) is 0 Å². The van der Waals surface area contributed by atoms with Crippen molar-refractivity contribution in [1.82, 2.24) is 9.80 Å². The fourth-order valence-electron chi connectivity index (χ4n) is 3.88. The van der Waals surface area contributed by atoms with Crippen LogP contribution in [0.25, 0.3) is 0 Å². The van der Waals surface area contributed by atoms with E-state index in [0.29, 0.717) is 6.54 Å². The van der Waals surface area contributed by atoms with Gasteiger partial charge in [0, 0.05) is 51.5 Å². The number of hydrogen-bond donors (Lipinski definition) is 0. The first kappa shape index (κ1) is 19.1. The topological polar surface area (TPSA) is 19.0 Å². The number of piperazine rings is 1. The molecule has 150 valence electrons. The summed E-state index contributed by atoms with van der Waals surface area (Å²) in [6.07, 6.45) is -4.65. The average molecular weight is 391 g/mol. The first-order chi connectivity index (χ1) is 13.4. The number of likely N-dealkylation sites (N-methyl/N-ethyl adjacent to an activating group) is 1. The highest BCUT2D eigenvalue weighted by atomic mass is 19.4. The zero-order valence-electron chi connectivity index (χ0n) is 15.9. The molecule has 0 spiro atoms. The molecule has 1 fully saturated rings. The standard InChI is InChI=1S/C21H24F3N3O/c1-25-8-10-27(11-9-25)19-5-4-17-14-26(15-18(17)12-19)13-16-2-6-20(7-3-16)28-21(22,23)24/h2-7,12H,8-11,13-15H2,1H3. The molecule has 7 heteroatoms. The van der Waals surface area contributed by atoms with E-state index in [1.54, 1.807) is 12.1 Å². The molecular weight excluding hydrogens is 367 g/mol. The number of alkyl halides is 3. The summed E-state index contributed by atoms with van der Waals surface area (Å²) in [5, 5.41) is 0. The monoisotopic (exact) mass is 391 g/mol. The Kier molecular flexibility index (Phi) is 5.21. The van der Waals surface area contributed by atoms with Crippen molar-refractivity contribution < 1.29 is 17.9 Å². The quantitative estimate of drug-likeness (QED) is 0.788. The lowest BCUT2D eigenvalue weighted by atomic mass is 10.1. The van der Waals surface area contributed by atoms with Gasteiger partial charge in [0.15, 0.2) is 0 Å². The number of hydrogen-bond acceptors (Lipinski definition) is 4. The lowest BCUT2D eigenvalue weighted by molar-refractivity contribution is -0.274. The second-order valence-corrected chi connectivity index (χ2v) is 7.58. The molecule has 0 atom stereocenters. The highest BCUT2D eigenvalue weighted by Crippen LogP contribution is 2.29. The summed E-state index contributed by atoms with van der Waals surface area (Å²) in [6.45, 7) is 6.67. The van der Waals surface area contributed by atoms with E-state index in [-0.39, 0.29) is 5.75 Å². The highest BCUT2D eigenvalue weighted by Gasteiger charge is 2.31. The Labute approximate surface area is 163 Å². The molecule has 2 aromatic carbocycles. The van der Waals surface area contributed by atoms with Gasteiger partial charge in [-0.1, -0.05) is 18.2 Å². The highest BCUT2D eigenvalue weighted by molar-refractivity contribution is 5.52. The first-order valence-corrected chi connectivity index (χ1v) is 9.48. The van der Waals surface area contributed by atoms with Crippen LogP contribution in [0.1, 0.15) is 16.7 Å². The molecule has 4 rings (SSSR count). The van der Waals surface area contributed by atoms with E-state index >= 15 is 0 Å². The van der Waals surface area contributed by atoms with Gasteiger partial charge in [-0.2, -0.15) is 0 Å². The summed E-state index contributed by atoms with van der Waals surface area (Å²) < 4.78 is 40.7. The zero-order valence-corrected chi connectivity index (χ0v) is 15.9. The first-order valence-electron chi connectivity index (χ1n) is 9.48. The van der Waals surface area contributed by atoms with Gasteiger partial charge >= 0.3 is 6.36 Å². The van der Waals surface area contributed by atoms with Crippen LogP contribution in [-0.2, 0) is 19.6 Å². The van der Waals surface area contributed by atoms with Crippen molar-refractivity contribution in [3.8, 4) is 5.75 Å². The maximum absolute atomic E-state index is 12.3. The van der Waals surface area contributed by atoms with Crippen LogP contribution in [0.15, 0.2) is 42.5 Å². The van der Waals surface area contributed by atoms with E-state index in [1.807, 2.05) is 0 Å². The summed E-state index contributed by atoms with van der Waals surface area (Å²) in [4.78, 5) is 7.08. The Morgan fingerprint density at radius 2 is 1.57 bits per heavy atom. The summed E-state index contributed by atoms with van der Waals surface area (Å²) in [7, 11) is 2.15. The van der Waals surface area contributed by atoms with Crippen LogP contribution in [0.3, 0.4) is 0 Å². The van der Waals surface area contributed by atoms with Gasteiger partial charge in [-0.05, 0) is 48.0 Å². The van der Waals surface area contributed by atoms with Crippen LogP contribution >= 0.6 is 0 Å². The number of nitrogens with zero attached hydrogens (tertiary/aromatic N) is 3. The maximum Gasteiger partial charge on any atom is 0.573 e. The number of rotatable bonds is 4. The van der Waals surface area contributed by atoms with Crippen LogP contribution < -0.4 is 9.64 Å². The molecule has 0 N–H and O–H groups in total. The van der Waals surface area contributed by atoms with Gasteiger partial charge in [-0.25, -0.2) is 0 Å². The Morgan fingerprint density at radius 3 is 2.25 bits per heavy atom. The summed E-state index contributed by atoms with van der Waals surface area (Å²) >= 11 is 0. The Bertz CT molecular complexity index is 815. The smallest absolute Gasteiger partial charge is 0.406 e. The van der Waals surface area contributed by atoms with Gasteiger partial charge in [-0.3, -0.25) is 4.90 Å². The van der Waals surface area contributed by atoms with Crippen molar-refractivity contribution in [3.63, 3.8) is 0 Å². The fraction of sp³-hybridized carbons (Fsp3) is 0.429. The van der Waals surface area contributed by atoms with E-state index in [9.17, 15) is 13.2 Å². The summed E-state index contributed by atoms with van der Waals surface area (Å²) in [5.74, 6) is -0.183. The van der Waals surface area contributed by atoms with Crippen LogP contribution in [0.4, 0.5) is 18.9 Å². The molecule has 2 aromatic rings. The zero-order chi connectivity index (χ0) is 19.7. The molecule has 0 bridgehead atoms. The number of ether oxygens (including phenoxy) is 1. The van der Waals surface area contributed by atoms with Crippen LogP contribution in [0.2, 0.25) is 0 Å². The molecule has 0 saturated carbocycles. The molecular formula is C21H24F3N3O. The molecule has 28 heavy (non-hydrogen) atoms. The lowest BCUT2D eigenvalue weighted by Gasteiger charge is -2.34. The largest absolute Gasteiger partial charge is 0.573 e. The predicted molar refractivity (Wildman–Crippen MR) is 102 cm³/mol. The SMILES string of the molecule is CN1CCN(c2ccc3c(c2)CN(Cc2ccc(OC(F)(F)F)cc2)C3)CC1. The van der Waals surface area contributed by atoms with E-state index in [1.165, 1.54) is 28.9 Å². The molecule has 4 nitrogen and oxygen atoms in total. The normalized spacial score (nSPS) is 18.4. The van der Waals surface area contributed by atoms with Gasteiger partial charge in [0.2, 0.25) is 0 Å². The molecule has 0 unspecified atom stereocenters. The molecule has 2 aliphatic heterocycles. The third-order valence-corrected chi connectivity index (χ3v) is 5.41. The fourth-order valence-corrected chi connectivity index (χ4v) is 3.88. The maximum atomic E-state index is 12.3. The summed E-state index contributed by atoms with van der Waals surface area (Å²) in [5.41, 5.74) is 4.92. The van der Waals surface area contributed by atoms with Crippen molar-refractivity contribution >= 4 is 5.69 Å². The minimum absolute atomic E-state index is 0.183. The van der Waals surface area contributed by atoms with Crippen LogP contribution in [0.5, 0.6) is 5.75 Å². The van der Waals surface area contributed by atoms with Crippen molar-refractivity contribution in [2.75, 3.05) is 38.1 Å². The van der Waals surface area contributed by atoms with E-state index in [4.69, 9.17) is 0 Å². The molecule has 0 amide bonds. The van der Waals surface area contributed by atoms with Gasteiger partial charge in [-0.15, -0.1) is 13.2 Å². The minimum atomic E-state index is -4.65. The lowest BCUT2D eigenvalue weighted by Crippen LogP contribution is -2.44. The second-order valence-electron chi connectivity index (χ2n) is 7.58. The molecule has 2 heterocycles. The van der Waals surface area contributed by atoms with Crippen LogP contribution in [-0.4, -0.2) is 49.4 Å². The second kappa shape index (κ2) is 7.64. The number of fused-ring (bicyclic) bond motifs is 1. The minimum Gasteiger partial charge on any atom is -0.406 e. The third kappa shape index (κ3) is 4.59. The third-order valence-electron chi connectivity index (χ3n) is 5.41. The number of benzene rings is 2. The molecule has 2 aliphatic rings. The van der Waals surface area contributed by atoms with Gasteiger partial charge in [0.1, 0.15) is 5.75 Å². The molecule has 0 aliphatic carbocycles. The van der Waals surface area contributed by atoms with Crippen molar-refractivity contribution in [1.29, 1.82) is 0 Å². The predicted octanol–water partition coefficient (Wildman–Crippen LogP) is 3.85. The van der Waals surface area contributed by atoms with Gasteiger partial charge < -0.3 is 14.5 Å².